The Bertz CT molecular complexity index is 1160. The van der Waals surface area contributed by atoms with E-state index in [1.165, 1.54) is 23.5 Å². The summed E-state index contributed by atoms with van der Waals surface area (Å²) in [5, 5.41) is 0. The van der Waals surface area contributed by atoms with Crippen LogP contribution in [-0.2, 0) is 16.9 Å². The van der Waals surface area contributed by atoms with Crippen LogP contribution in [0.5, 0.6) is 5.75 Å². The summed E-state index contributed by atoms with van der Waals surface area (Å²) in [6, 6.07) is 11.6. The zero-order valence-corrected chi connectivity index (χ0v) is 16.2. The van der Waals surface area contributed by atoms with E-state index < -0.39 is 15.7 Å². The molecule has 0 saturated carbocycles. The minimum atomic E-state index is -3.38. The van der Waals surface area contributed by atoms with Gasteiger partial charge in [-0.1, -0.05) is 17.4 Å². The lowest BCUT2D eigenvalue weighted by Crippen LogP contribution is -2.13. The molecule has 1 amide bonds. The van der Waals surface area contributed by atoms with Crippen molar-refractivity contribution >= 4 is 37.3 Å². The first-order chi connectivity index (χ1) is 12.3. The van der Waals surface area contributed by atoms with Crippen LogP contribution >= 0.6 is 11.3 Å². The Kier molecular flexibility index (Phi) is 4.97. The molecule has 0 unspecified atom stereocenters. The lowest BCUT2D eigenvalue weighted by Gasteiger charge is -2.02. The molecule has 3 aromatic rings. The number of rotatable bonds is 4. The van der Waals surface area contributed by atoms with Crippen LogP contribution in [-0.4, -0.2) is 31.8 Å². The molecule has 0 fully saturated rings. The molecule has 1 aromatic heterocycles. The number of benzene rings is 2. The standard InChI is InChI=1S/C18H18N2O4S2/c1-4-24-13-8-9-15-16(11-13)25-18(20(15)2)19-17(21)12-6-5-7-14(10-12)26(3,22)23/h5-11H,4H2,1-3H3. The monoisotopic (exact) mass is 390 g/mol. The van der Waals surface area contributed by atoms with Gasteiger partial charge >= 0.3 is 0 Å². The average molecular weight is 390 g/mol. The molecular formula is C18H18N2O4S2. The van der Waals surface area contributed by atoms with Gasteiger partial charge < -0.3 is 9.30 Å². The minimum Gasteiger partial charge on any atom is -0.494 e. The number of aromatic nitrogens is 1. The number of hydrogen-bond acceptors (Lipinski definition) is 5. The first-order valence-electron chi connectivity index (χ1n) is 7.91. The minimum absolute atomic E-state index is 0.0978. The normalized spacial score (nSPS) is 12.5. The van der Waals surface area contributed by atoms with Gasteiger partial charge in [-0.25, -0.2) is 8.42 Å². The Morgan fingerprint density at radius 1 is 1.23 bits per heavy atom. The Hall–Kier alpha value is -2.45. The van der Waals surface area contributed by atoms with E-state index in [4.69, 9.17) is 4.74 Å². The highest BCUT2D eigenvalue weighted by molar-refractivity contribution is 7.90. The summed E-state index contributed by atoms with van der Waals surface area (Å²) < 4.78 is 31.6. The van der Waals surface area contributed by atoms with E-state index in [0.717, 1.165) is 22.2 Å². The van der Waals surface area contributed by atoms with Crippen molar-refractivity contribution in [3.63, 3.8) is 0 Å². The first kappa shape index (κ1) is 18.3. The number of carbonyl (C=O) groups excluding carboxylic acids is 1. The summed E-state index contributed by atoms with van der Waals surface area (Å²) in [6.07, 6.45) is 1.11. The van der Waals surface area contributed by atoms with E-state index in [9.17, 15) is 13.2 Å². The summed E-state index contributed by atoms with van der Waals surface area (Å²) in [5.41, 5.74) is 1.18. The van der Waals surface area contributed by atoms with E-state index in [2.05, 4.69) is 4.99 Å². The quantitative estimate of drug-likeness (QED) is 0.686. The highest BCUT2D eigenvalue weighted by Crippen LogP contribution is 2.23. The Labute approximate surface area is 155 Å². The van der Waals surface area contributed by atoms with Crippen LogP contribution in [0.2, 0.25) is 0 Å². The van der Waals surface area contributed by atoms with Gasteiger partial charge in [0.1, 0.15) is 5.75 Å². The third kappa shape index (κ3) is 3.71. The Balaban J connectivity index is 2.04. The van der Waals surface area contributed by atoms with Crippen LogP contribution in [0.25, 0.3) is 10.2 Å². The van der Waals surface area contributed by atoms with Crippen molar-refractivity contribution in [3.05, 3.63) is 52.8 Å². The second-order valence-corrected chi connectivity index (χ2v) is 8.75. The van der Waals surface area contributed by atoms with Gasteiger partial charge in [0.15, 0.2) is 14.6 Å². The lowest BCUT2D eigenvalue weighted by atomic mass is 10.2. The summed E-state index contributed by atoms with van der Waals surface area (Å²) >= 11 is 1.37. The summed E-state index contributed by atoms with van der Waals surface area (Å²) in [6.45, 7) is 2.50. The molecule has 0 aliphatic heterocycles. The maximum Gasteiger partial charge on any atom is 0.279 e. The summed E-state index contributed by atoms with van der Waals surface area (Å²) in [4.78, 5) is 17.3. The van der Waals surface area contributed by atoms with Crippen molar-refractivity contribution in [2.45, 2.75) is 11.8 Å². The van der Waals surface area contributed by atoms with Crippen LogP contribution in [0.4, 0.5) is 0 Å². The van der Waals surface area contributed by atoms with Crippen molar-refractivity contribution in [2.24, 2.45) is 12.0 Å². The second-order valence-electron chi connectivity index (χ2n) is 5.72. The number of aryl methyl sites for hydroxylation is 1. The molecular weight excluding hydrogens is 372 g/mol. The molecule has 8 heteroatoms. The molecule has 26 heavy (non-hydrogen) atoms. The van der Waals surface area contributed by atoms with Crippen LogP contribution in [0.3, 0.4) is 0 Å². The fraction of sp³-hybridized carbons (Fsp3) is 0.222. The van der Waals surface area contributed by atoms with Crippen molar-refractivity contribution in [3.8, 4) is 5.75 Å². The first-order valence-corrected chi connectivity index (χ1v) is 10.6. The SMILES string of the molecule is CCOc1ccc2c(c1)sc(=NC(=O)c1cccc(S(C)(=O)=O)c1)n2C. The second kappa shape index (κ2) is 7.05. The average Bonchev–Trinajstić information content (AvgIpc) is 2.90. The number of carbonyl (C=O) groups is 1. The number of sulfone groups is 1. The van der Waals surface area contributed by atoms with E-state index in [1.54, 1.807) is 12.1 Å². The highest BCUT2D eigenvalue weighted by Gasteiger charge is 2.12. The maximum absolute atomic E-state index is 12.5. The molecule has 136 valence electrons. The van der Waals surface area contributed by atoms with Gasteiger partial charge in [-0.15, -0.1) is 0 Å². The zero-order valence-electron chi connectivity index (χ0n) is 14.6. The number of amides is 1. The van der Waals surface area contributed by atoms with E-state index >= 15 is 0 Å². The van der Waals surface area contributed by atoms with Crippen molar-refractivity contribution < 1.29 is 17.9 Å². The largest absolute Gasteiger partial charge is 0.494 e. The van der Waals surface area contributed by atoms with Gasteiger partial charge in [0.25, 0.3) is 5.91 Å². The third-order valence-electron chi connectivity index (χ3n) is 3.80. The molecule has 0 saturated heterocycles. The molecule has 0 spiro atoms. The third-order valence-corrected chi connectivity index (χ3v) is 6.00. The number of ether oxygens (including phenoxy) is 1. The molecule has 6 nitrogen and oxygen atoms in total. The number of thiazole rings is 1. The number of fused-ring (bicyclic) bond motifs is 1. The van der Waals surface area contributed by atoms with Gasteiger partial charge in [0.05, 0.1) is 21.7 Å². The van der Waals surface area contributed by atoms with Gasteiger partial charge in [-0.2, -0.15) is 4.99 Å². The summed E-state index contributed by atoms with van der Waals surface area (Å²) in [5.74, 6) is 0.281. The van der Waals surface area contributed by atoms with Crippen LogP contribution < -0.4 is 9.54 Å². The molecule has 0 aliphatic carbocycles. The van der Waals surface area contributed by atoms with Crippen molar-refractivity contribution in [2.75, 3.05) is 12.9 Å². The predicted molar refractivity (Wildman–Crippen MR) is 101 cm³/mol. The maximum atomic E-state index is 12.5. The molecule has 0 N–H and O–H groups in total. The molecule has 1 heterocycles. The van der Waals surface area contributed by atoms with Crippen LogP contribution in [0, 0.1) is 0 Å². The molecule has 0 atom stereocenters. The van der Waals surface area contributed by atoms with E-state index in [0.29, 0.717) is 11.4 Å². The van der Waals surface area contributed by atoms with E-state index in [1.807, 2.05) is 36.7 Å². The molecule has 0 bridgehead atoms. The Morgan fingerprint density at radius 2 is 2.00 bits per heavy atom. The van der Waals surface area contributed by atoms with Crippen molar-refractivity contribution in [1.82, 2.24) is 4.57 Å². The lowest BCUT2D eigenvalue weighted by molar-refractivity contribution is 0.0997. The molecule has 3 rings (SSSR count). The molecule has 0 radical (unpaired) electrons. The molecule has 2 aromatic carbocycles. The number of hydrogen-bond donors (Lipinski definition) is 0. The highest BCUT2D eigenvalue weighted by atomic mass is 32.2. The van der Waals surface area contributed by atoms with Gasteiger partial charge in [0, 0.05) is 18.9 Å². The van der Waals surface area contributed by atoms with Crippen molar-refractivity contribution in [1.29, 1.82) is 0 Å². The van der Waals surface area contributed by atoms with Crippen LogP contribution in [0.1, 0.15) is 17.3 Å². The zero-order chi connectivity index (χ0) is 18.9. The Morgan fingerprint density at radius 3 is 2.69 bits per heavy atom. The van der Waals surface area contributed by atoms with E-state index in [-0.39, 0.29) is 10.5 Å². The van der Waals surface area contributed by atoms with Gasteiger partial charge in [-0.3, -0.25) is 4.79 Å². The summed E-state index contributed by atoms with van der Waals surface area (Å²) in [7, 11) is -1.55. The van der Waals surface area contributed by atoms with Gasteiger partial charge in [0.2, 0.25) is 0 Å². The van der Waals surface area contributed by atoms with Gasteiger partial charge in [-0.05, 0) is 43.3 Å². The molecule has 0 aliphatic rings. The number of nitrogens with zero attached hydrogens (tertiary/aromatic N) is 2. The van der Waals surface area contributed by atoms with Crippen LogP contribution in [0.15, 0.2) is 52.4 Å². The topological polar surface area (TPSA) is 77.7 Å². The smallest absolute Gasteiger partial charge is 0.279 e. The predicted octanol–water partition coefficient (Wildman–Crippen LogP) is 2.78. The fourth-order valence-electron chi connectivity index (χ4n) is 2.49. The fourth-order valence-corrected chi connectivity index (χ4v) is 4.20.